The summed E-state index contributed by atoms with van der Waals surface area (Å²) in [5.41, 5.74) is 7.35. The van der Waals surface area contributed by atoms with Crippen LogP contribution in [0.1, 0.15) is 80.5 Å². The molecule has 8 heteroatoms. The highest BCUT2D eigenvalue weighted by molar-refractivity contribution is 7.82. The van der Waals surface area contributed by atoms with Crippen molar-refractivity contribution in [2.75, 3.05) is 25.5 Å². The number of fused-ring (bicyclic) bond motifs is 2. The van der Waals surface area contributed by atoms with Crippen molar-refractivity contribution in [2.24, 2.45) is 0 Å². The molecule has 6 rings (SSSR count). The Bertz CT molecular complexity index is 1050. The molecule has 4 aliphatic rings. The molecule has 1 aromatic carbocycles. The standard InChI is InChI=1S/C26H38N6OS/c1-3-12-26(31(2)20-10-11-20)13-15-32(16-14-26)34(33)25-28-24(29-30-25)27-23-21-8-4-6-18(21)17-19-7-5-9-22(19)23/h17,20H,3-16H2,1-2H3,(H2,27,28,29,30). The molecular formula is C26H38N6OS. The van der Waals surface area contributed by atoms with E-state index in [4.69, 9.17) is 0 Å². The van der Waals surface area contributed by atoms with Gasteiger partial charge >= 0.3 is 0 Å². The lowest BCUT2D eigenvalue weighted by Crippen LogP contribution is -2.55. The minimum absolute atomic E-state index is 0.263. The Balaban J connectivity index is 1.15. The van der Waals surface area contributed by atoms with Gasteiger partial charge in [0.25, 0.3) is 0 Å². The lowest BCUT2D eigenvalue weighted by atomic mass is 9.82. The molecule has 1 saturated heterocycles. The molecule has 0 spiro atoms. The van der Waals surface area contributed by atoms with Gasteiger partial charge in [0.15, 0.2) is 11.0 Å². The number of aryl methyl sites for hydroxylation is 2. The molecule has 1 aromatic heterocycles. The van der Waals surface area contributed by atoms with Crippen molar-refractivity contribution < 1.29 is 4.21 Å². The van der Waals surface area contributed by atoms with Crippen molar-refractivity contribution in [3.05, 3.63) is 28.3 Å². The molecule has 2 heterocycles. The van der Waals surface area contributed by atoms with Crippen LogP contribution < -0.4 is 5.32 Å². The topological polar surface area (TPSA) is 77.2 Å². The van der Waals surface area contributed by atoms with E-state index < -0.39 is 11.0 Å². The average Bonchev–Trinajstić information content (AvgIpc) is 3.21. The zero-order chi connectivity index (χ0) is 23.3. The monoisotopic (exact) mass is 482 g/mol. The highest BCUT2D eigenvalue weighted by Crippen LogP contribution is 2.41. The molecule has 7 nitrogen and oxygen atoms in total. The summed E-state index contributed by atoms with van der Waals surface area (Å²) in [5.74, 6) is 0.545. The fraction of sp³-hybridized carbons (Fsp3) is 0.692. The Morgan fingerprint density at radius 2 is 1.82 bits per heavy atom. The number of benzene rings is 1. The maximum atomic E-state index is 13.4. The van der Waals surface area contributed by atoms with E-state index in [1.165, 1.54) is 79.3 Å². The maximum absolute atomic E-state index is 13.4. The summed E-state index contributed by atoms with van der Waals surface area (Å²) in [6, 6.07) is 3.19. The number of aromatic amines is 1. The van der Waals surface area contributed by atoms with E-state index in [-0.39, 0.29) is 5.54 Å². The van der Waals surface area contributed by atoms with Crippen LogP contribution in [0.3, 0.4) is 0 Å². The molecule has 2 N–H and O–H groups in total. The second kappa shape index (κ2) is 9.03. The van der Waals surface area contributed by atoms with Crippen LogP contribution in [0.4, 0.5) is 11.6 Å². The number of anilines is 2. The van der Waals surface area contributed by atoms with Crippen molar-refractivity contribution >= 4 is 22.6 Å². The van der Waals surface area contributed by atoms with E-state index in [1.54, 1.807) is 0 Å². The first-order valence-corrected chi connectivity index (χ1v) is 14.4. The third-order valence-corrected chi connectivity index (χ3v) is 10.1. The second-order valence-corrected chi connectivity index (χ2v) is 12.2. The Hall–Kier alpha value is -1.77. The number of hydrogen-bond acceptors (Lipinski definition) is 5. The molecule has 1 aliphatic heterocycles. The predicted molar refractivity (Wildman–Crippen MR) is 136 cm³/mol. The number of piperidine rings is 1. The van der Waals surface area contributed by atoms with Crippen LogP contribution in [-0.2, 0) is 36.7 Å². The summed E-state index contributed by atoms with van der Waals surface area (Å²) in [7, 11) is 1.01. The van der Waals surface area contributed by atoms with Crippen molar-refractivity contribution in [3.8, 4) is 0 Å². The normalized spacial score (nSPS) is 22.7. The van der Waals surface area contributed by atoms with Gasteiger partial charge in [-0.1, -0.05) is 19.4 Å². The van der Waals surface area contributed by atoms with Gasteiger partial charge in [-0.3, -0.25) is 4.90 Å². The van der Waals surface area contributed by atoms with Gasteiger partial charge in [-0.05, 0) is 99.9 Å². The van der Waals surface area contributed by atoms with E-state index in [2.05, 4.69) is 49.7 Å². The molecule has 3 aliphatic carbocycles. The maximum Gasteiger partial charge on any atom is 0.247 e. The molecule has 1 saturated carbocycles. The van der Waals surface area contributed by atoms with Crippen molar-refractivity contribution in [1.29, 1.82) is 0 Å². The molecule has 2 fully saturated rings. The molecule has 0 amide bonds. The molecule has 0 radical (unpaired) electrons. The first kappa shape index (κ1) is 22.7. The van der Waals surface area contributed by atoms with Crippen LogP contribution >= 0.6 is 0 Å². The molecule has 34 heavy (non-hydrogen) atoms. The fourth-order valence-electron chi connectivity index (χ4n) is 6.74. The fourth-order valence-corrected chi connectivity index (χ4v) is 7.79. The Kier molecular flexibility index (Phi) is 6.02. The van der Waals surface area contributed by atoms with Gasteiger partial charge in [0.1, 0.15) is 0 Å². The largest absolute Gasteiger partial charge is 0.322 e. The first-order chi connectivity index (χ1) is 16.6. The predicted octanol–water partition coefficient (Wildman–Crippen LogP) is 4.28. The average molecular weight is 483 g/mol. The van der Waals surface area contributed by atoms with Gasteiger partial charge in [-0.15, -0.1) is 5.10 Å². The zero-order valence-corrected chi connectivity index (χ0v) is 21.5. The van der Waals surface area contributed by atoms with Gasteiger partial charge in [0.05, 0.1) is 0 Å². The van der Waals surface area contributed by atoms with E-state index in [1.807, 2.05) is 0 Å². The number of nitrogens with zero attached hydrogens (tertiary/aromatic N) is 4. The van der Waals surface area contributed by atoms with Crippen LogP contribution in [0, 0.1) is 0 Å². The van der Waals surface area contributed by atoms with Gasteiger partial charge < -0.3 is 5.32 Å². The van der Waals surface area contributed by atoms with E-state index in [0.717, 1.165) is 44.8 Å². The van der Waals surface area contributed by atoms with Crippen LogP contribution in [-0.4, -0.2) is 60.3 Å². The summed E-state index contributed by atoms with van der Waals surface area (Å²) in [6.45, 7) is 3.97. The highest BCUT2D eigenvalue weighted by atomic mass is 32.2. The minimum atomic E-state index is -1.31. The number of rotatable bonds is 8. The molecule has 184 valence electrons. The number of aromatic nitrogens is 3. The molecule has 1 atom stereocenters. The van der Waals surface area contributed by atoms with Crippen LogP contribution in [0.25, 0.3) is 0 Å². The molecule has 1 unspecified atom stereocenters. The second-order valence-electron chi connectivity index (χ2n) is 10.8. The summed E-state index contributed by atoms with van der Waals surface area (Å²) >= 11 is 0. The summed E-state index contributed by atoms with van der Waals surface area (Å²) < 4.78 is 15.5. The lowest BCUT2D eigenvalue weighted by Gasteiger charge is -2.47. The third kappa shape index (κ3) is 4.01. The van der Waals surface area contributed by atoms with Crippen LogP contribution in [0.5, 0.6) is 0 Å². The summed E-state index contributed by atoms with van der Waals surface area (Å²) in [6.07, 6.45) is 14.3. The molecular weight excluding hydrogens is 444 g/mol. The lowest BCUT2D eigenvalue weighted by molar-refractivity contribution is 0.0476. The quantitative estimate of drug-likeness (QED) is 0.587. The minimum Gasteiger partial charge on any atom is -0.322 e. The first-order valence-electron chi connectivity index (χ1n) is 13.3. The highest BCUT2D eigenvalue weighted by Gasteiger charge is 2.44. The molecule has 0 bridgehead atoms. The summed E-state index contributed by atoms with van der Waals surface area (Å²) in [5, 5.41) is 11.4. The smallest absolute Gasteiger partial charge is 0.247 e. The SMILES string of the molecule is CCCC1(N(C)C2CC2)CCN(S(=O)c2nc(Nc3c4c(cc5c3CCC5)CCC4)n[nH]2)CC1. The number of H-pyrrole nitrogens is 1. The van der Waals surface area contributed by atoms with E-state index >= 15 is 0 Å². The van der Waals surface area contributed by atoms with Crippen molar-refractivity contribution in [2.45, 2.75) is 101 Å². The summed E-state index contributed by atoms with van der Waals surface area (Å²) in [4.78, 5) is 7.29. The van der Waals surface area contributed by atoms with E-state index in [9.17, 15) is 4.21 Å². The number of nitrogens with one attached hydrogen (secondary N) is 2. The van der Waals surface area contributed by atoms with Crippen molar-refractivity contribution in [1.82, 2.24) is 24.4 Å². The number of hydrogen-bond donors (Lipinski definition) is 2. The van der Waals surface area contributed by atoms with Gasteiger partial charge in [0.2, 0.25) is 11.1 Å². The van der Waals surface area contributed by atoms with Gasteiger partial charge in [0, 0.05) is 30.4 Å². The van der Waals surface area contributed by atoms with Crippen molar-refractivity contribution in [3.63, 3.8) is 0 Å². The van der Waals surface area contributed by atoms with Crippen LogP contribution in [0.2, 0.25) is 0 Å². The zero-order valence-electron chi connectivity index (χ0n) is 20.7. The Labute approximate surface area is 205 Å². The third-order valence-electron chi connectivity index (χ3n) is 8.79. The molecule has 2 aromatic rings. The van der Waals surface area contributed by atoms with Gasteiger partial charge in [-0.2, -0.15) is 4.98 Å². The Morgan fingerprint density at radius 3 is 2.44 bits per heavy atom. The van der Waals surface area contributed by atoms with Crippen LogP contribution in [0.15, 0.2) is 11.2 Å². The Morgan fingerprint density at radius 1 is 1.15 bits per heavy atom. The van der Waals surface area contributed by atoms with E-state index in [0.29, 0.717) is 11.1 Å². The van der Waals surface area contributed by atoms with Gasteiger partial charge in [-0.25, -0.2) is 13.6 Å².